The van der Waals surface area contributed by atoms with Crippen LogP contribution in [0.4, 0.5) is 23.2 Å². The minimum atomic E-state index is -4.89. The number of anilines is 1. The molecule has 2 N–H and O–H groups in total. The molecule has 1 amide bonds. The van der Waals surface area contributed by atoms with Gasteiger partial charge in [0.1, 0.15) is 5.82 Å². The molecule has 0 atom stereocenters. The van der Waals surface area contributed by atoms with Crippen LogP contribution in [0.5, 0.6) is 0 Å². The molecular formula is C32H28F4N2O4. The van der Waals surface area contributed by atoms with Gasteiger partial charge in [-0.1, -0.05) is 30.3 Å². The van der Waals surface area contributed by atoms with E-state index in [1.807, 2.05) is 24.3 Å². The Morgan fingerprint density at radius 1 is 0.952 bits per heavy atom. The van der Waals surface area contributed by atoms with E-state index >= 15 is 0 Å². The van der Waals surface area contributed by atoms with Gasteiger partial charge in [-0.25, -0.2) is 4.39 Å². The zero-order valence-electron chi connectivity index (χ0n) is 22.7. The molecule has 1 aliphatic rings. The Labute approximate surface area is 239 Å². The number of hydrogen-bond acceptors (Lipinski definition) is 3. The number of aromatic nitrogens is 1. The van der Waals surface area contributed by atoms with Gasteiger partial charge in [-0.15, -0.1) is 0 Å². The molecule has 0 bridgehead atoms. The number of carbonyl (C=O) groups excluding carboxylic acids is 1. The zero-order valence-corrected chi connectivity index (χ0v) is 22.7. The fourth-order valence-corrected chi connectivity index (χ4v) is 5.77. The van der Waals surface area contributed by atoms with Crippen molar-refractivity contribution < 1.29 is 37.0 Å². The number of nitrogens with zero attached hydrogens (tertiary/aromatic N) is 1. The molecule has 42 heavy (non-hydrogen) atoms. The topological polar surface area (TPSA) is 93.3 Å². The molecule has 0 spiro atoms. The van der Waals surface area contributed by atoms with Crippen LogP contribution in [0.1, 0.15) is 65.2 Å². The number of carboxylic acid groups (broad SMARTS) is 1. The molecular weight excluding hydrogens is 552 g/mol. The van der Waals surface area contributed by atoms with Gasteiger partial charge in [0, 0.05) is 25.5 Å². The summed E-state index contributed by atoms with van der Waals surface area (Å²) in [5.74, 6) is -2.14. The summed E-state index contributed by atoms with van der Waals surface area (Å²) in [6, 6.07) is 16.2. The van der Waals surface area contributed by atoms with E-state index in [2.05, 4.69) is 5.32 Å². The number of aryl methyl sites for hydroxylation is 1. The Bertz CT molecular complexity index is 1660. The number of alkyl halides is 3. The van der Waals surface area contributed by atoms with Gasteiger partial charge in [-0.3, -0.25) is 9.59 Å². The fraction of sp³-hybridized carbons (Fsp3) is 0.281. The van der Waals surface area contributed by atoms with Crippen LogP contribution < -0.4 is 10.0 Å². The minimum absolute atomic E-state index is 0.00690. The van der Waals surface area contributed by atoms with Crippen molar-refractivity contribution in [3.63, 3.8) is 0 Å². The average Bonchev–Trinajstić information content (AvgIpc) is 2.95. The summed E-state index contributed by atoms with van der Waals surface area (Å²) in [7, 11) is 0. The second-order valence-electron chi connectivity index (χ2n) is 10.8. The SMILES string of the molecule is Cc1cc(C(=O)Nc2ccc(F)cc2C(F)(F)F)c2ccc(-c3ccc(C4CCC(CC(=O)O)CC4)cc3)cc2[n+]1[O-]. The molecule has 218 valence electrons. The van der Waals surface area contributed by atoms with Crippen LogP contribution in [-0.2, 0) is 11.0 Å². The molecule has 0 aliphatic heterocycles. The molecule has 0 radical (unpaired) electrons. The summed E-state index contributed by atoms with van der Waals surface area (Å²) >= 11 is 0. The van der Waals surface area contributed by atoms with E-state index in [4.69, 9.17) is 5.11 Å². The highest BCUT2D eigenvalue weighted by atomic mass is 19.4. The normalized spacial score (nSPS) is 17.3. The summed E-state index contributed by atoms with van der Waals surface area (Å²) in [6.07, 6.45) is -1.08. The quantitative estimate of drug-likeness (QED) is 0.140. The Kier molecular flexibility index (Phi) is 7.90. The van der Waals surface area contributed by atoms with Gasteiger partial charge >= 0.3 is 12.1 Å². The maximum Gasteiger partial charge on any atom is 0.418 e. The van der Waals surface area contributed by atoms with Crippen molar-refractivity contribution >= 4 is 28.5 Å². The average molecular weight is 581 g/mol. The maximum atomic E-state index is 13.5. The van der Waals surface area contributed by atoms with Crippen molar-refractivity contribution in [1.82, 2.24) is 0 Å². The summed E-state index contributed by atoms with van der Waals surface area (Å²) in [5, 5.41) is 24.5. The predicted molar refractivity (Wildman–Crippen MR) is 149 cm³/mol. The number of nitrogens with one attached hydrogen (secondary N) is 1. The third-order valence-corrected chi connectivity index (χ3v) is 7.99. The van der Waals surface area contributed by atoms with Gasteiger partial charge in [-0.05, 0) is 78.5 Å². The number of rotatable bonds is 6. The first-order valence-corrected chi connectivity index (χ1v) is 13.6. The Hall–Kier alpha value is -4.47. The number of hydrogen-bond donors (Lipinski definition) is 2. The minimum Gasteiger partial charge on any atom is -0.618 e. The molecule has 0 saturated heterocycles. The number of carbonyl (C=O) groups is 2. The molecule has 1 aromatic heterocycles. The number of pyridine rings is 1. The standard InChI is InChI=1S/C32H28F4N2O4/c1-18-14-26(31(41)37-28-13-11-24(33)17-27(28)32(34,35)36)25-12-10-23(16-29(25)38(18)42)22-8-6-21(7-9-22)20-4-2-19(3-5-20)15-30(39)40/h6-14,16-17,19-20H,2-5,15H2,1H3,(H,37,41)(H,39,40). The number of fused-ring (bicyclic) bond motifs is 1. The van der Waals surface area contributed by atoms with Crippen molar-refractivity contribution in [2.75, 3.05) is 5.32 Å². The molecule has 1 aliphatic carbocycles. The Balaban J connectivity index is 1.41. The van der Waals surface area contributed by atoms with Gasteiger partial charge in [0.05, 0.1) is 22.2 Å². The van der Waals surface area contributed by atoms with E-state index in [1.54, 1.807) is 18.2 Å². The first-order valence-electron chi connectivity index (χ1n) is 13.6. The lowest BCUT2D eigenvalue weighted by atomic mass is 9.77. The monoisotopic (exact) mass is 580 g/mol. The second kappa shape index (κ2) is 11.4. The highest BCUT2D eigenvalue weighted by Gasteiger charge is 2.35. The Morgan fingerprint density at radius 2 is 1.62 bits per heavy atom. The Morgan fingerprint density at radius 3 is 2.26 bits per heavy atom. The summed E-state index contributed by atoms with van der Waals surface area (Å²) in [4.78, 5) is 24.2. The predicted octanol–water partition coefficient (Wildman–Crippen LogP) is 7.61. The third-order valence-electron chi connectivity index (χ3n) is 7.99. The number of halogens is 4. The van der Waals surface area contributed by atoms with E-state index in [-0.39, 0.29) is 34.5 Å². The molecule has 1 fully saturated rings. The lowest BCUT2D eigenvalue weighted by Crippen LogP contribution is -2.32. The molecule has 1 saturated carbocycles. The third kappa shape index (κ3) is 6.07. The molecule has 10 heteroatoms. The van der Waals surface area contributed by atoms with Crippen LogP contribution in [0, 0.1) is 23.9 Å². The lowest BCUT2D eigenvalue weighted by Gasteiger charge is -2.28. The van der Waals surface area contributed by atoms with Crippen LogP contribution in [-0.4, -0.2) is 17.0 Å². The summed E-state index contributed by atoms with van der Waals surface area (Å²) in [6.45, 7) is 1.49. The van der Waals surface area contributed by atoms with Gasteiger partial charge < -0.3 is 15.6 Å². The van der Waals surface area contributed by atoms with Gasteiger partial charge in [0.25, 0.3) is 5.91 Å². The lowest BCUT2D eigenvalue weighted by molar-refractivity contribution is -0.584. The van der Waals surface area contributed by atoms with E-state index in [9.17, 15) is 32.4 Å². The first-order chi connectivity index (χ1) is 19.9. The highest BCUT2D eigenvalue weighted by molar-refractivity contribution is 6.12. The van der Waals surface area contributed by atoms with E-state index < -0.39 is 35.1 Å². The largest absolute Gasteiger partial charge is 0.618 e. The van der Waals surface area contributed by atoms with Crippen molar-refractivity contribution in [1.29, 1.82) is 0 Å². The number of carboxylic acids is 1. The van der Waals surface area contributed by atoms with Crippen molar-refractivity contribution in [3.8, 4) is 11.1 Å². The number of aliphatic carboxylic acids is 1. The molecule has 3 aromatic carbocycles. The number of benzene rings is 3. The maximum absolute atomic E-state index is 13.5. The summed E-state index contributed by atoms with van der Waals surface area (Å²) < 4.78 is 54.6. The van der Waals surface area contributed by atoms with Crippen molar-refractivity contribution in [2.45, 2.75) is 51.1 Å². The smallest absolute Gasteiger partial charge is 0.418 e. The number of amides is 1. The van der Waals surface area contributed by atoms with Gasteiger partial charge in [0.2, 0.25) is 5.52 Å². The van der Waals surface area contributed by atoms with Crippen LogP contribution >= 0.6 is 0 Å². The molecule has 0 unspecified atom stereocenters. The van der Waals surface area contributed by atoms with Gasteiger partial charge in [-0.2, -0.15) is 17.9 Å². The second-order valence-corrected chi connectivity index (χ2v) is 10.8. The van der Waals surface area contributed by atoms with Crippen LogP contribution in [0.2, 0.25) is 0 Å². The van der Waals surface area contributed by atoms with Crippen molar-refractivity contribution in [2.24, 2.45) is 5.92 Å². The molecule has 1 heterocycles. The van der Waals surface area contributed by atoms with E-state index in [1.165, 1.54) is 18.6 Å². The fourth-order valence-electron chi connectivity index (χ4n) is 5.77. The highest BCUT2D eigenvalue weighted by Crippen LogP contribution is 2.38. The van der Waals surface area contributed by atoms with Gasteiger partial charge in [0.15, 0.2) is 5.69 Å². The van der Waals surface area contributed by atoms with E-state index in [0.29, 0.717) is 16.7 Å². The zero-order chi connectivity index (χ0) is 30.2. The van der Waals surface area contributed by atoms with Crippen LogP contribution in [0.15, 0.2) is 66.7 Å². The molecule has 4 aromatic rings. The molecule has 5 rings (SSSR count). The van der Waals surface area contributed by atoms with Crippen LogP contribution in [0.3, 0.4) is 0 Å². The first kappa shape index (κ1) is 29.0. The van der Waals surface area contributed by atoms with Crippen LogP contribution in [0.25, 0.3) is 22.0 Å². The molecule has 6 nitrogen and oxygen atoms in total. The van der Waals surface area contributed by atoms with Crippen molar-refractivity contribution in [3.05, 3.63) is 100 Å². The van der Waals surface area contributed by atoms with E-state index in [0.717, 1.165) is 48.9 Å². The summed E-state index contributed by atoms with van der Waals surface area (Å²) in [5.41, 5.74) is 1.18.